The zero-order chi connectivity index (χ0) is 8.48. The second-order valence-corrected chi connectivity index (χ2v) is 3.78. The van der Waals surface area contributed by atoms with Crippen molar-refractivity contribution < 1.29 is 5.11 Å². The lowest BCUT2D eigenvalue weighted by molar-refractivity contribution is 0.102. The van der Waals surface area contributed by atoms with E-state index in [4.69, 9.17) is 0 Å². The Hall–Kier alpha value is -0.600. The molecular formula is C9H12OS. The highest BCUT2D eigenvalue weighted by Gasteiger charge is 2.24. The summed E-state index contributed by atoms with van der Waals surface area (Å²) in [6.45, 7) is 7.34. The van der Waals surface area contributed by atoms with Crippen molar-refractivity contribution in [2.45, 2.75) is 19.4 Å². The third-order valence-electron chi connectivity index (χ3n) is 1.83. The maximum atomic E-state index is 9.86. The van der Waals surface area contributed by atoms with Crippen molar-refractivity contribution in [3.05, 3.63) is 34.5 Å². The van der Waals surface area contributed by atoms with Crippen molar-refractivity contribution >= 4 is 11.3 Å². The van der Waals surface area contributed by atoms with Gasteiger partial charge in [-0.1, -0.05) is 12.6 Å². The van der Waals surface area contributed by atoms with Crippen molar-refractivity contribution in [1.82, 2.24) is 0 Å². The normalized spacial score (nSPS) is 15.9. The molecule has 0 saturated heterocycles. The van der Waals surface area contributed by atoms with Crippen LogP contribution in [0.25, 0.3) is 0 Å². The molecule has 0 aromatic carbocycles. The molecule has 60 valence electrons. The Balaban J connectivity index is 3.00. The number of hydrogen-bond donors (Lipinski definition) is 1. The van der Waals surface area contributed by atoms with Crippen LogP contribution >= 0.6 is 11.3 Å². The second kappa shape index (κ2) is 2.80. The zero-order valence-corrected chi connectivity index (χ0v) is 7.61. The van der Waals surface area contributed by atoms with Gasteiger partial charge in [-0.05, 0) is 30.9 Å². The quantitative estimate of drug-likeness (QED) is 0.673. The van der Waals surface area contributed by atoms with Crippen LogP contribution in [0.1, 0.15) is 18.7 Å². The molecule has 1 nitrogen and oxygen atoms in total. The van der Waals surface area contributed by atoms with E-state index in [1.54, 1.807) is 18.3 Å². The monoisotopic (exact) mass is 168 g/mol. The summed E-state index contributed by atoms with van der Waals surface area (Å²) in [5.74, 6) is 0. The first-order valence-corrected chi connectivity index (χ1v) is 4.35. The minimum absolute atomic E-state index is 0.778. The first-order valence-electron chi connectivity index (χ1n) is 3.47. The van der Waals surface area contributed by atoms with E-state index < -0.39 is 5.60 Å². The molecule has 1 aromatic heterocycles. The van der Waals surface area contributed by atoms with E-state index in [1.165, 1.54) is 0 Å². The van der Waals surface area contributed by atoms with Crippen LogP contribution in [0, 0.1) is 0 Å². The van der Waals surface area contributed by atoms with Crippen LogP contribution in [0.2, 0.25) is 0 Å². The average molecular weight is 168 g/mol. The van der Waals surface area contributed by atoms with Crippen LogP contribution in [0.15, 0.2) is 29.7 Å². The number of hydrogen-bond acceptors (Lipinski definition) is 2. The van der Waals surface area contributed by atoms with Gasteiger partial charge in [0.1, 0.15) is 5.60 Å². The van der Waals surface area contributed by atoms with Crippen molar-refractivity contribution in [3.63, 3.8) is 0 Å². The highest BCUT2D eigenvalue weighted by molar-refractivity contribution is 7.10. The van der Waals surface area contributed by atoms with E-state index in [0.29, 0.717) is 0 Å². The Morgan fingerprint density at radius 1 is 1.73 bits per heavy atom. The van der Waals surface area contributed by atoms with Crippen LogP contribution in [0.5, 0.6) is 0 Å². The Morgan fingerprint density at radius 2 is 2.36 bits per heavy atom. The molecule has 1 heterocycles. The molecule has 0 amide bonds. The summed E-state index contributed by atoms with van der Waals surface area (Å²) < 4.78 is 0. The first kappa shape index (κ1) is 8.50. The highest BCUT2D eigenvalue weighted by Crippen LogP contribution is 2.30. The third-order valence-corrected chi connectivity index (χ3v) is 2.91. The van der Waals surface area contributed by atoms with Crippen molar-refractivity contribution in [1.29, 1.82) is 0 Å². The molecule has 0 aliphatic rings. The van der Waals surface area contributed by atoms with Gasteiger partial charge in [-0.2, -0.15) is 0 Å². The van der Waals surface area contributed by atoms with Gasteiger partial charge in [0, 0.05) is 4.88 Å². The van der Waals surface area contributed by atoms with Crippen molar-refractivity contribution in [2.24, 2.45) is 0 Å². The Labute approximate surface area is 71.0 Å². The largest absolute Gasteiger partial charge is 0.380 e. The summed E-state index contributed by atoms with van der Waals surface area (Å²) in [6, 6.07) is 3.84. The SMILES string of the molecule is C=C(C)C(C)(O)c1cccs1. The molecule has 0 aliphatic heterocycles. The lowest BCUT2D eigenvalue weighted by Crippen LogP contribution is -2.20. The maximum absolute atomic E-state index is 9.86. The summed E-state index contributed by atoms with van der Waals surface area (Å²) in [5, 5.41) is 11.8. The topological polar surface area (TPSA) is 20.2 Å². The third kappa shape index (κ3) is 1.52. The van der Waals surface area contributed by atoms with E-state index in [-0.39, 0.29) is 0 Å². The predicted octanol–water partition coefficient (Wildman–Crippen LogP) is 2.53. The fourth-order valence-corrected chi connectivity index (χ4v) is 1.63. The molecule has 2 heteroatoms. The molecule has 1 atom stereocenters. The lowest BCUT2D eigenvalue weighted by Gasteiger charge is -2.21. The van der Waals surface area contributed by atoms with Gasteiger partial charge in [0.2, 0.25) is 0 Å². The summed E-state index contributed by atoms with van der Waals surface area (Å²) in [4.78, 5) is 0.949. The molecule has 1 aromatic rings. The number of rotatable bonds is 2. The van der Waals surface area contributed by atoms with Gasteiger partial charge < -0.3 is 5.11 Å². The van der Waals surface area contributed by atoms with Gasteiger partial charge in [0.25, 0.3) is 0 Å². The first-order chi connectivity index (χ1) is 5.05. The number of aliphatic hydroxyl groups is 1. The second-order valence-electron chi connectivity index (χ2n) is 2.83. The molecule has 0 aliphatic carbocycles. The van der Waals surface area contributed by atoms with Gasteiger partial charge in [-0.3, -0.25) is 0 Å². The molecule has 0 bridgehead atoms. The average Bonchev–Trinajstić information content (AvgIpc) is 2.37. The van der Waals surface area contributed by atoms with Gasteiger partial charge in [0.05, 0.1) is 0 Å². The minimum Gasteiger partial charge on any atom is -0.380 e. The van der Waals surface area contributed by atoms with Crippen LogP contribution < -0.4 is 0 Å². The van der Waals surface area contributed by atoms with E-state index >= 15 is 0 Å². The van der Waals surface area contributed by atoms with Crippen LogP contribution in [-0.4, -0.2) is 5.11 Å². The van der Waals surface area contributed by atoms with E-state index in [2.05, 4.69) is 6.58 Å². The molecule has 0 saturated carbocycles. The van der Waals surface area contributed by atoms with Gasteiger partial charge >= 0.3 is 0 Å². The van der Waals surface area contributed by atoms with Crippen LogP contribution in [0.4, 0.5) is 0 Å². The molecule has 0 radical (unpaired) electrons. The molecule has 11 heavy (non-hydrogen) atoms. The van der Waals surface area contributed by atoms with E-state index in [1.807, 2.05) is 24.4 Å². The van der Waals surface area contributed by atoms with E-state index in [0.717, 1.165) is 10.5 Å². The zero-order valence-electron chi connectivity index (χ0n) is 6.79. The fraction of sp³-hybridized carbons (Fsp3) is 0.333. The standard InChI is InChI=1S/C9H12OS/c1-7(2)9(3,10)8-5-4-6-11-8/h4-6,10H,1H2,2-3H3. The maximum Gasteiger partial charge on any atom is 0.116 e. The summed E-state index contributed by atoms with van der Waals surface area (Å²) in [7, 11) is 0. The Bertz CT molecular complexity index is 247. The molecule has 1 rings (SSSR count). The van der Waals surface area contributed by atoms with Gasteiger partial charge in [-0.25, -0.2) is 0 Å². The predicted molar refractivity (Wildman–Crippen MR) is 48.7 cm³/mol. The Kier molecular flexibility index (Phi) is 2.16. The molecule has 0 fully saturated rings. The molecule has 1 N–H and O–H groups in total. The molecule has 0 spiro atoms. The van der Waals surface area contributed by atoms with Crippen molar-refractivity contribution in [3.8, 4) is 0 Å². The van der Waals surface area contributed by atoms with Crippen LogP contribution in [0.3, 0.4) is 0 Å². The number of thiophene rings is 1. The summed E-state index contributed by atoms with van der Waals surface area (Å²) >= 11 is 1.55. The minimum atomic E-state index is -0.853. The summed E-state index contributed by atoms with van der Waals surface area (Å²) in [6.07, 6.45) is 0. The van der Waals surface area contributed by atoms with E-state index in [9.17, 15) is 5.11 Å². The summed E-state index contributed by atoms with van der Waals surface area (Å²) in [5.41, 5.74) is -0.0753. The van der Waals surface area contributed by atoms with Crippen LogP contribution in [-0.2, 0) is 5.60 Å². The van der Waals surface area contributed by atoms with Gasteiger partial charge in [0.15, 0.2) is 0 Å². The molecule has 1 unspecified atom stereocenters. The lowest BCUT2D eigenvalue weighted by atomic mass is 9.97. The highest BCUT2D eigenvalue weighted by atomic mass is 32.1. The van der Waals surface area contributed by atoms with Crippen molar-refractivity contribution in [2.75, 3.05) is 0 Å². The van der Waals surface area contributed by atoms with Gasteiger partial charge in [-0.15, -0.1) is 11.3 Å². The smallest absolute Gasteiger partial charge is 0.116 e. The fourth-order valence-electron chi connectivity index (χ4n) is 0.766. The molecular weight excluding hydrogens is 156 g/mol. The Morgan fingerprint density at radius 3 is 2.73 bits per heavy atom.